The Morgan fingerprint density at radius 2 is 1.75 bits per heavy atom. The molecule has 2 heterocycles. The van der Waals surface area contributed by atoms with Gasteiger partial charge in [-0.1, -0.05) is 36.8 Å². The molecule has 24 heavy (non-hydrogen) atoms. The van der Waals surface area contributed by atoms with Crippen LogP contribution >= 0.6 is 0 Å². The Hall–Kier alpha value is -1.39. The van der Waals surface area contributed by atoms with Crippen LogP contribution in [0.4, 0.5) is 0 Å². The number of aliphatic hydroxyl groups is 1. The standard InChI is InChI=1S/C20H30N2O2/c23-19-20(24,17-21-13-5-2-6-14-21)12-8-16-22(19)15-7-11-18-9-3-1-4-10-18/h1,3-4,9-10,24H,2,5-8,11-17H2/t20-/m0/s1. The Labute approximate surface area is 145 Å². The summed E-state index contributed by atoms with van der Waals surface area (Å²) >= 11 is 0. The molecule has 1 aromatic carbocycles. The number of rotatable bonds is 6. The van der Waals surface area contributed by atoms with E-state index < -0.39 is 5.60 Å². The number of hydrogen-bond acceptors (Lipinski definition) is 3. The smallest absolute Gasteiger partial charge is 0.255 e. The number of nitrogens with zero attached hydrogens (tertiary/aromatic N) is 2. The number of aryl methyl sites for hydroxylation is 1. The van der Waals surface area contributed by atoms with Crippen molar-refractivity contribution in [2.75, 3.05) is 32.7 Å². The molecule has 4 nitrogen and oxygen atoms in total. The first-order chi connectivity index (χ1) is 11.7. The summed E-state index contributed by atoms with van der Waals surface area (Å²) in [5, 5.41) is 10.9. The molecule has 0 radical (unpaired) electrons. The normalized spacial score (nSPS) is 25.9. The number of carbonyl (C=O) groups is 1. The Morgan fingerprint density at radius 1 is 1.00 bits per heavy atom. The first-order valence-electron chi connectivity index (χ1n) is 9.45. The highest BCUT2D eigenvalue weighted by Gasteiger charge is 2.43. The third kappa shape index (κ3) is 4.37. The topological polar surface area (TPSA) is 43.8 Å². The van der Waals surface area contributed by atoms with E-state index in [1.165, 1.54) is 24.8 Å². The van der Waals surface area contributed by atoms with Crippen LogP contribution in [0.3, 0.4) is 0 Å². The van der Waals surface area contributed by atoms with E-state index in [0.29, 0.717) is 13.0 Å². The minimum Gasteiger partial charge on any atom is -0.379 e. The van der Waals surface area contributed by atoms with Gasteiger partial charge in [0.25, 0.3) is 5.91 Å². The third-order valence-corrected chi connectivity index (χ3v) is 5.37. The zero-order chi connectivity index (χ0) is 16.8. The first-order valence-corrected chi connectivity index (χ1v) is 9.45. The largest absolute Gasteiger partial charge is 0.379 e. The molecule has 2 aliphatic rings. The maximum Gasteiger partial charge on any atom is 0.255 e. The molecule has 0 spiro atoms. The van der Waals surface area contributed by atoms with Gasteiger partial charge in [-0.3, -0.25) is 9.69 Å². The fourth-order valence-corrected chi connectivity index (χ4v) is 4.03. The molecule has 0 bridgehead atoms. The molecule has 1 amide bonds. The second-order valence-electron chi connectivity index (χ2n) is 7.35. The highest BCUT2D eigenvalue weighted by atomic mass is 16.3. The maximum absolute atomic E-state index is 12.8. The average Bonchev–Trinajstić information content (AvgIpc) is 2.61. The highest BCUT2D eigenvalue weighted by molar-refractivity contribution is 5.86. The Kier molecular flexibility index (Phi) is 5.90. The monoisotopic (exact) mass is 330 g/mol. The Morgan fingerprint density at radius 3 is 2.50 bits per heavy atom. The minimum atomic E-state index is -1.16. The lowest BCUT2D eigenvalue weighted by Gasteiger charge is -2.41. The van der Waals surface area contributed by atoms with E-state index in [0.717, 1.165) is 45.4 Å². The van der Waals surface area contributed by atoms with Crippen molar-refractivity contribution in [2.45, 2.75) is 50.5 Å². The fraction of sp³-hybridized carbons (Fsp3) is 0.650. The molecule has 2 saturated heterocycles. The van der Waals surface area contributed by atoms with Gasteiger partial charge < -0.3 is 10.0 Å². The van der Waals surface area contributed by atoms with E-state index in [1.807, 2.05) is 11.0 Å². The van der Waals surface area contributed by atoms with Gasteiger partial charge in [0.05, 0.1) is 0 Å². The van der Waals surface area contributed by atoms with Crippen molar-refractivity contribution in [1.82, 2.24) is 9.80 Å². The summed E-state index contributed by atoms with van der Waals surface area (Å²) in [5.41, 5.74) is 0.146. The summed E-state index contributed by atoms with van der Waals surface area (Å²) in [4.78, 5) is 17.0. The van der Waals surface area contributed by atoms with E-state index >= 15 is 0 Å². The van der Waals surface area contributed by atoms with Crippen molar-refractivity contribution in [1.29, 1.82) is 0 Å². The van der Waals surface area contributed by atoms with Gasteiger partial charge in [-0.05, 0) is 57.2 Å². The number of amides is 1. The van der Waals surface area contributed by atoms with Gasteiger partial charge in [-0.2, -0.15) is 0 Å². The lowest BCUT2D eigenvalue weighted by molar-refractivity contribution is -0.159. The molecule has 1 aromatic rings. The average molecular weight is 330 g/mol. The quantitative estimate of drug-likeness (QED) is 0.871. The SMILES string of the molecule is O=C1N(CCCc2ccccc2)CCC[C@]1(O)CN1CCCCC1. The van der Waals surface area contributed by atoms with Gasteiger partial charge in [0.1, 0.15) is 0 Å². The van der Waals surface area contributed by atoms with Gasteiger partial charge in [0.2, 0.25) is 0 Å². The van der Waals surface area contributed by atoms with Crippen LogP contribution in [0.2, 0.25) is 0 Å². The van der Waals surface area contributed by atoms with Crippen molar-refractivity contribution in [3.05, 3.63) is 35.9 Å². The molecule has 132 valence electrons. The molecule has 0 unspecified atom stereocenters. The zero-order valence-electron chi connectivity index (χ0n) is 14.6. The van der Waals surface area contributed by atoms with E-state index in [2.05, 4.69) is 29.2 Å². The Balaban J connectivity index is 1.51. The zero-order valence-corrected chi connectivity index (χ0v) is 14.6. The lowest BCUT2D eigenvalue weighted by Crippen LogP contribution is -2.59. The van der Waals surface area contributed by atoms with Gasteiger partial charge in [-0.25, -0.2) is 0 Å². The van der Waals surface area contributed by atoms with E-state index in [4.69, 9.17) is 0 Å². The molecule has 0 saturated carbocycles. The summed E-state index contributed by atoms with van der Waals surface area (Å²) in [5.74, 6) is -0.0487. The van der Waals surface area contributed by atoms with E-state index in [1.54, 1.807) is 0 Å². The predicted octanol–water partition coefficient (Wildman–Crippen LogP) is 2.46. The number of β-amino-alcohol motifs (C(OH)–C–C–N with tert-alkyl or cyclic N) is 1. The van der Waals surface area contributed by atoms with E-state index in [9.17, 15) is 9.90 Å². The molecule has 0 aliphatic carbocycles. The van der Waals surface area contributed by atoms with Crippen LogP contribution in [0.1, 0.15) is 44.1 Å². The first kappa shape index (κ1) is 17.4. The second-order valence-corrected chi connectivity index (χ2v) is 7.35. The second kappa shape index (κ2) is 8.13. The number of likely N-dealkylation sites (tertiary alicyclic amines) is 2. The van der Waals surface area contributed by atoms with Crippen LogP contribution in [0.15, 0.2) is 30.3 Å². The molecule has 2 aliphatic heterocycles. The summed E-state index contributed by atoms with van der Waals surface area (Å²) in [7, 11) is 0. The van der Waals surface area contributed by atoms with Crippen molar-refractivity contribution in [3.63, 3.8) is 0 Å². The predicted molar refractivity (Wildman–Crippen MR) is 95.8 cm³/mol. The van der Waals surface area contributed by atoms with Gasteiger partial charge in [0, 0.05) is 19.6 Å². The Bertz CT molecular complexity index is 528. The molecule has 0 aromatic heterocycles. The van der Waals surface area contributed by atoms with Crippen molar-refractivity contribution in [2.24, 2.45) is 0 Å². The van der Waals surface area contributed by atoms with Gasteiger partial charge >= 0.3 is 0 Å². The molecule has 3 rings (SSSR count). The number of benzene rings is 1. The fourth-order valence-electron chi connectivity index (χ4n) is 4.03. The maximum atomic E-state index is 12.8. The minimum absolute atomic E-state index is 0.0487. The summed E-state index contributed by atoms with van der Waals surface area (Å²) in [6.07, 6.45) is 7.09. The molecule has 4 heteroatoms. The summed E-state index contributed by atoms with van der Waals surface area (Å²) in [6, 6.07) is 10.4. The van der Waals surface area contributed by atoms with Gasteiger partial charge in [-0.15, -0.1) is 0 Å². The van der Waals surface area contributed by atoms with Crippen LogP contribution in [0.5, 0.6) is 0 Å². The molecular weight excluding hydrogens is 300 g/mol. The van der Waals surface area contributed by atoms with Crippen LogP contribution in [0.25, 0.3) is 0 Å². The van der Waals surface area contributed by atoms with Crippen LogP contribution in [-0.2, 0) is 11.2 Å². The number of piperidine rings is 2. The third-order valence-electron chi connectivity index (χ3n) is 5.37. The lowest BCUT2D eigenvalue weighted by atomic mass is 9.90. The van der Waals surface area contributed by atoms with Gasteiger partial charge in [0.15, 0.2) is 5.60 Å². The van der Waals surface area contributed by atoms with Crippen molar-refractivity contribution in [3.8, 4) is 0 Å². The van der Waals surface area contributed by atoms with E-state index in [-0.39, 0.29) is 5.91 Å². The molecule has 1 atom stereocenters. The van der Waals surface area contributed by atoms with Crippen LogP contribution in [0, 0.1) is 0 Å². The van der Waals surface area contributed by atoms with Crippen LogP contribution < -0.4 is 0 Å². The summed E-state index contributed by atoms with van der Waals surface area (Å²) < 4.78 is 0. The van der Waals surface area contributed by atoms with Crippen molar-refractivity contribution < 1.29 is 9.90 Å². The molecule has 1 N–H and O–H groups in total. The molecular formula is C20H30N2O2. The van der Waals surface area contributed by atoms with Crippen molar-refractivity contribution >= 4 is 5.91 Å². The number of carbonyl (C=O) groups excluding carboxylic acids is 1. The highest BCUT2D eigenvalue weighted by Crippen LogP contribution is 2.25. The number of hydrogen-bond donors (Lipinski definition) is 1. The molecule has 2 fully saturated rings. The summed E-state index contributed by atoms with van der Waals surface area (Å²) in [6.45, 7) is 4.08. The van der Waals surface area contributed by atoms with Crippen LogP contribution in [-0.4, -0.2) is 59.1 Å².